The zero-order chi connectivity index (χ0) is 14.9. The topological polar surface area (TPSA) is 29.3 Å². The van der Waals surface area contributed by atoms with Crippen LogP contribution in [-0.4, -0.2) is 13.6 Å². The Kier molecular flexibility index (Phi) is 4.89. The van der Waals surface area contributed by atoms with Crippen molar-refractivity contribution in [2.75, 3.05) is 18.5 Å². The first-order valence-electron chi connectivity index (χ1n) is 6.70. The van der Waals surface area contributed by atoms with Crippen molar-refractivity contribution >= 4 is 33.0 Å². The zero-order valence-electron chi connectivity index (χ0n) is 12.4. The SMILES string of the molecule is Cc1ccc(N(C)C(CN)c2cc(Br)c(C)s2)c(C)c1. The molecular formula is C16H21BrN2S. The predicted molar refractivity (Wildman–Crippen MR) is 92.9 cm³/mol. The van der Waals surface area contributed by atoms with Gasteiger partial charge in [0.15, 0.2) is 0 Å². The van der Waals surface area contributed by atoms with Crippen molar-refractivity contribution in [3.63, 3.8) is 0 Å². The molecule has 0 aliphatic carbocycles. The largest absolute Gasteiger partial charge is 0.365 e. The number of nitrogens with two attached hydrogens (primary N) is 1. The Hall–Kier alpha value is -0.840. The van der Waals surface area contributed by atoms with Crippen LogP contribution >= 0.6 is 27.3 Å². The number of benzene rings is 1. The normalized spacial score (nSPS) is 12.5. The first-order valence-corrected chi connectivity index (χ1v) is 8.31. The second-order valence-electron chi connectivity index (χ2n) is 5.21. The minimum atomic E-state index is 0.214. The van der Waals surface area contributed by atoms with Crippen LogP contribution in [0.25, 0.3) is 0 Å². The first kappa shape index (κ1) is 15.5. The van der Waals surface area contributed by atoms with Gasteiger partial charge in [0.1, 0.15) is 0 Å². The van der Waals surface area contributed by atoms with E-state index in [1.807, 2.05) is 11.3 Å². The molecule has 1 aromatic carbocycles. The molecule has 1 aromatic heterocycles. The summed E-state index contributed by atoms with van der Waals surface area (Å²) in [7, 11) is 2.12. The van der Waals surface area contributed by atoms with Crippen LogP contribution in [0.4, 0.5) is 5.69 Å². The fourth-order valence-corrected chi connectivity index (χ4v) is 4.20. The lowest BCUT2D eigenvalue weighted by atomic mass is 10.1. The van der Waals surface area contributed by atoms with Crippen LogP contribution in [0.3, 0.4) is 0 Å². The molecule has 20 heavy (non-hydrogen) atoms. The van der Waals surface area contributed by atoms with Crippen LogP contribution in [0.1, 0.15) is 26.9 Å². The summed E-state index contributed by atoms with van der Waals surface area (Å²) in [6.45, 7) is 7.01. The van der Waals surface area contributed by atoms with Crippen molar-refractivity contribution < 1.29 is 0 Å². The van der Waals surface area contributed by atoms with E-state index in [0.717, 1.165) is 0 Å². The summed E-state index contributed by atoms with van der Waals surface area (Å²) in [4.78, 5) is 4.89. The molecule has 2 rings (SSSR count). The molecular weight excluding hydrogens is 332 g/mol. The number of hydrogen-bond donors (Lipinski definition) is 1. The fraction of sp³-hybridized carbons (Fsp3) is 0.375. The van der Waals surface area contributed by atoms with E-state index in [0.29, 0.717) is 6.54 Å². The molecule has 2 aromatic rings. The maximum Gasteiger partial charge on any atom is 0.0754 e. The third kappa shape index (κ3) is 3.08. The number of rotatable bonds is 4. The number of halogens is 1. The lowest BCUT2D eigenvalue weighted by Crippen LogP contribution is -2.30. The Balaban J connectivity index is 2.35. The molecule has 0 saturated carbocycles. The molecule has 1 unspecified atom stereocenters. The van der Waals surface area contributed by atoms with Crippen LogP contribution in [0.2, 0.25) is 0 Å². The summed E-state index contributed by atoms with van der Waals surface area (Å²) in [5.41, 5.74) is 9.86. The molecule has 1 atom stereocenters. The van der Waals surface area contributed by atoms with Gasteiger partial charge >= 0.3 is 0 Å². The van der Waals surface area contributed by atoms with E-state index >= 15 is 0 Å². The van der Waals surface area contributed by atoms with Gasteiger partial charge in [-0.2, -0.15) is 0 Å². The van der Waals surface area contributed by atoms with Gasteiger partial charge in [-0.05, 0) is 54.4 Å². The minimum absolute atomic E-state index is 0.214. The summed E-state index contributed by atoms with van der Waals surface area (Å²) in [6.07, 6.45) is 0. The highest BCUT2D eigenvalue weighted by molar-refractivity contribution is 9.10. The van der Waals surface area contributed by atoms with Gasteiger partial charge in [0, 0.05) is 33.5 Å². The number of anilines is 1. The second-order valence-corrected chi connectivity index (χ2v) is 7.35. The van der Waals surface area contributed by atoms with Crippen LogP contribution in [0.5, 0.6) is 0 Å². The molecule has 2 N–H and O–H groups in total. The van der Waals surface area contributed by atoms with Gasteiger partial charge in [-0.1, -0.05) is 17.7 Å². The molecule has 4 heteroatoms. The van der Waals surface area contributed by atoms with Gasteiger partial charge in [0.25, 0.3) is 0 Å². The third-order valence-electron chi connectivity index (χ3n) is 3.63. The van der Waals surface area contributed by atoms with Gasteiger partial charge in [-0.15, -0.1) is 11.3 Å². The van der Waals surface area contributed by atoms with E-state index in [1.54, 1.807) is 0 Å². The molecule has 0 amide bonds. The fourth-order valence-electron chi connectivity index (χ4n) is 2.48. The minimum Gasteiger partial charge on any atom is -0.365 e. The lowest BCUT2D eigenvalue weighted by molar-refractivity contribution is 0.690. The van der Waals surface area contributed by atoms with Crippen molar-refractivity contribution in [1.29, 1.82) is 0 Å². The molecule has 1 heterocycles. The smallest absolute Gasteiger partial charge is 0.0754 e. The van der Waals surface area contributed by atoms with E-state index in [1.165, 1.54) is 31.0 Å². The van der Waals surface area contributed by atoms with Gasteiger partial charge < -0.3 is 10.6 Å². The number of thiophene rings is 1. The van der Waals surface area contributed by atoms with Gasteiger partial charge in [0.2, 0.25) is 0 Å². The summed E-state index contributed by atoms with van der Waals surface area (Å²) in [5, 5.41) is 0. The summed E-state index contributed by atoms with van der Waals surface area (Å²) in [6, 6.07) is 8.96. The monoisotopic (exact) mass is 352 g/mol. The van der Waals surface area contributed by atoms with Crippen LogP contribution < -0.4 is 10.6 Å². The van der Waals surface area contributed by atoms with E-state index in [4.69, 9.17) is 5.73 Å². The third-order valence-corrected chi connectivity index (χ3v) is 5.87. The number of likely N-dealkylation sites (N-methyl/N-ethyl adjacent to an activating group) is 1. The van der Waals surface area contributed by atoms with Gasteiger partial charge in [-0.25, -0.2) is 0 Å². The quantitative estimate of drug-likeness (QED) is 0.872. The van der Waals surface area contributed by atoms with Crippen molar-refractivity contribution in [2.45, 2.75) is 26.8 Å². The van der Waals surface area contributed by atoms with Crippen LogP contribution in [0.15, 0.2) is 28.7 Å². The lowest BCUT2D eigenvalue weighted by Gasteiger charge is -2.30. The Morgan fingerprint density at radius 3 is 2.45 bits per heavy atom. The molecule has 0 aliphatic heterocycles. The predicted octanol–water partition coefficient (Wildman–Crippen LogP) is 4.57. The van der Waals surface area contributed by atoms with Crippen molar-refractivity contribution in [3.05, 3.63) is 49.6 Å². The Morgan fingerprint density at radius 1 is 1.25 bits per heavy atom. The van der Waals surface area contributed by atoms with E-state index in [2.05, 4.69) is 72.9 Å². The molecule has 108 valence electrons. The van der Waals surface area contributed by atoms with Gasteiger partial charge in [0.05, 0.1) is 6.04 Å². The second kappa shape index (κ2) is 6.29. The van der Waals surface area contributed by atoms with E-state index < -0.39 is 0 Å². The molecule has 2 nitrogen and oxygen atoms in total. The molecule has 0 aliphatic rings. The summed E-state index contributed by atoms with van der Waals surface area (Å²) >= 11 is 5.40. The molecule has 0 saturated heterocycles. The summed E-state index contributed by atoms with van der Waals surface area (Å²) < 4.78 is 1.17. The highest BCUT2D eigenvalue weighted by Crippen LogP contribution is 2.35. The highest BCUT2D eigenvalue weighted by atomic mass is 79.9. The number of aryl methyl sites for hydroxylation is 3. The van der Waals surface area contributed by atoms with Crippen LogP contribution in [0, 0.1) is 20.8 Å². The average Bonchev–Trinajstić information content (AvgIpc) is 2.70. The Labute approximate surface area is 133 Å². The number of nitrogens with zero attached hydrogens (tertiary/aromatic N) is 1. The molecule has 0 radical (unpaired) electrons. The Morgan fingerprint density at radius 2 is 1.95 bits per heavy atom. The van der Waals surface area contributed by atoms with Crippen molar-refractivity contribution in [1.82, 2.24) is 0 Å². The van der Waals surface area contributed by atoms with E-state index in [9.17, 15) is 0 Å². The van der Waals surface area contributed by atoms with E-state index in [-0.39, 0.29) is 6.04 Å². The Bertz CT molecular complexity index is 587. The van der Waals surface area contributed by atoms with Crippen molar-refractivity contribution in [2.24, 2.45) is 5.73 Å². The molecule has 0 bridgehead atoms. The first-order chi connectivity index (χ1) is 9.43. The maximum absolute atomic E-state index is 6.03. The molecule has 0 spiro atoms. The van der Waals surface area contributed by atoms with Crippen LogP contribution in [-0.2, 0) is 0 Å². The standard InChI is InChI=1S/C16H21BrN2S/c1-10-5-6-14(11(2)7-10)19(4)15(9-18)16-8-13(17)12(3)20-16/h5-8,15H,9,18H2,1-4H3. The summed E-state index contributed by atoms with van der Waals surface area (Å²) in [5.74, 6) is 0. The maximum atomic E-state index is 6.03. The zero-order valence-corrected chi connectivity index (χ0v) is 14.8. The van der Waals surface area contributed by atoms with Crippen molar-refractivity contribution in [3.8, 4) is 0 Å². The van der Waals surface area contributed by atoms with Gasteiger partial charge in [-0.3, -0.25) is 0 Å². The number of hydrogen-bond acceptors (Lipinski definition) is 3. The average molecular weight is 353 g/mol. The molecule has 0 fully saturated rings. The highest BCUT2D eigenvalue weighted by Gasteiger charge is 2.20.